The van der Waals surface area contributed by atoms with Gasteiger partial charge in [0.05, 0.1) is 0 Å². The maximum Gasteiger partial charge on any atom is 0.213 e. The van der Waals surface area contributed by atoms with Crippen LogP contribution in [-0.2, 0) is 7.05 Å². The van der Waals surface area contributed by atoms with Gasteiger partial charge < -0.3 is 0 Å². The topological polar surface area (TPSA) is 3.88 Å². The summed E-state index contributed by atoms with van der Waals surface area (Å²) in [4.78, 5) is 0. The predicted molar refractivity (Wildman–Crippen MR) is 134 cm³/mol. The average molecular weight is 419 g/mol. The summed E-state index contributed by atoms with van der Waals surface area (Å²) < 4.78 is 2.22. The highest BCUT2D eigenvalue weighted by Crippen LogP contribution is 2.47. The number of hydrogen-bond donors (Lipinski definition) is 0. The van der Waals surface area contributed by atoms with Gasteiger partial charge in [0.1, 0.15) is 7.05 Å². The molecule has 4 aromatic rings. The van der Waals surface area contributed by atoms with Gasteiger partial charge in [0.25, 0.3) is 0 Å². The molecule has 0 spiro atoms. The molecule has 0 saturated carbocycles. The van der Waals surface area contributed by atoms with Crippen LogP contribution in [-0.4, -0.2) is 0 Å². The molecule has 0 N–H and O–H groups in total. The summed E-state index contributed by atoms with van der Waals surface area (Å²) >= 11 is 0. The summed E-state index contributed by atoms with van der Waals surface area (Å²) in [5.74, 6) is 1.42. The third-order valence-corrected chi connectivity index (χ3v) is 7.26. The molecule has 1 heteroatoms. The van der Waals surface area contributed by atoms with Crippen LogP contribution in [0.25, 0.3) is 22.4 Å². The molecule has 32 heavy (non-hydrogen) atoms. The summed E-state index contributed by atoms with van der Waals surface area (Å²) in [6, 6.07) is 29.4. The summed E-state index contributed by atoms with van der Waals surface area (Å²) in [5, 5.41) is 0. The predicted octanol–water partition coefficient (Wildman–Crippen LogP) is 7.41. The fraction of sp³-hybridized carbons (Fsp3) is 0.258. The lowest BCUT2D eigenvalue weighted by molar-refractivity contribution is -0.660. The van der Waals surface area contributed by atoms with Crippen molar-refractivity contribution in [2.75, 3.05) is 0 Å². The Labute approximate surface area is 192 Å². The molecule has 5 rings (SSSR count). The first-order chi connectivity index (χ1) is 15.5. The second-order valence-electron chi connectivity index (χ2n) is 9.64. The first-order valence-electron chi connectivity index (χ1n) is 11.7. The molecule has 1 aromatic heterocycles. The minimum atomic E-state index is 0.432. The van der Waals surface area contributed by atoms with Crippen molar-refractivity contribution in [3.8, 4) is 22.4 Å². The lowest BCUT2D eigenvalue weighted by Crippen LogP contribution is -2.30. The summed E-state index contributed by atoms with van der Waals surface area (Å²) in [5.41, 5.74) is 12.4. The SMILES string of the molecule is Cc1ccccc1-c1cc(-c2ccc3c(c2)C(C(C)C)c2ccccc2C3C)cc[n+]1C. The van der Waals surface area contributed by atoms with E-state index in [4.69, 9.17) is 0 Å². The van der Waals surface area contributed by atoms with Gasteiger partial charge >= 0.3 is 0 Å². The first kappa shape index (κ1) is 20.7. The maximum atomic E-state index is 2.46. The van der Waals surface area contributed by atoms with Crippen molar-refractivity contribution >= 4 is 0 Å². The zero-order chi connectivity index (χ0) is 22.4. The van der Waals surface area contributed by atoms with Gasteiger partial charge in [-0.1, -0.05) is 81.4 Å². The van der Waals surface area contributed by atoms with Crippen LogP contribution in [0.3, 0.4) is 0 Å². The lowest BCUT2D eigenvalue weighted by atomic mass is 9.69. The maximum absolute atomic E-state index is 2.46. The monoisotopic (exact) mass is 418 g/mol. The van der Waals surface area contributed by atoms with Gasteiger partial charge in [-0.25, -0.2) is 4.57 Å². The van der Waals surface area contributed by atoms with E-state index < -0.39 is 0 Å². The Kier molecular flexibility index (Phi) is 5.21. The van der Waals surface area contributed by atoms with Crippen LogP contribution >= 0.6 is 0 Å². The molecular formula is C31H32N+. The third-order valence-electron chi connectivity index (χ3n) is 7.26. The Bertz CT molecular complexity index is 1300. The second kappa shape index (κ2) is 8.06. The third kappa shape index (κ3) is 3.37. The Morgan fingerprint density at radius 1 is 0.719 bits per heavy atom. The largest absolute Gasteiger partial charge is 0.213 e. The van der Waals surface area contributed by atoms with Crippen molar-refractivity contribution in [2.24, 2.45) is 13.0 Å². The highest BCUT2D eigenvalue weighted by atomic mass is 14.9. The Balaban J connectivity index is 1.65. The van der Waals surface area contributed by atoms with Crippen LogP contribution in [0, 0.1) is 12.8 Å². The number of hydrogen-bond acceptors (Lipinski definition) is 0. The molecular weight excluding hydrogens is 386 g/mol. The number of benzene rings is 3. The van der Waals surface area contributed by atoms with E-state index >= 15 is 0 Å². The molecule has 0 bridgehead atoms. The zero-order valence-electron chi connectivity index (χ0n) is 19.8. The highest BCUT2D eigenvalue weighted by molar-refractivity contribution is 5.72. The van der Waals surface area contributed by atoms with Crippen molar-refractivity contribution in [3.05, 3.63) is 113 Å². The summed E-state index contributed by atoms with van der Waals surface area (Å²) in [7, 11) is 2.13. The van der Waals surface area contributed by atoms with Crippen LogP contribution < -0.4 is 4.57 Å². The molecule has 1 aliphatic rings. The van der Waals surface area contributed by atoms with E-state index in [0.29, 0.717) is 17.8 Å². The Morgan fingerprint density at radius 2 is 1.38 bits per heavy atom. The van der Waals surface area contributed by atoms with Crippen LogP contribution in [0.5, 0.6) is 0 Å². The van der Waals surface area contributed by atoms with Gasteiger partial charge in [0, 0.05) is 29.5 Å². The van der Waals surface area contributed by atoms with Gasteiger partial charge in [0.15, 0.2) is 6.20 Å². The number of fused-ring (bicyclic) bond motifs is 2. The van der Waals surface area contributed by atoms with Crippen molar-refractivity contribution in [2.45, 2.75) is 39.5 Å². The number of rotatable bonds is 3. The van der Waals surface area contributed by atoms with Crippen LogP contribution in [0.1, 0.15) is 60.4 Å². The van der Waals surface area contributed by atoms with Gasteiger partial charge in [-0.2, -0.15) is 0 Å². The van der Waals surface area contributed by atoms with Gasteiger partial charge in [-0.3, -0.25) is 0 Å². The number of pyridine rings is 1. The van der Waals surface area contributed by atoms with Crippen LogP contribution in [0.2, 0.25) is 0 Å². The fourth-order valence-corrected chi connectivity index (χ4v) is 5.54. The van der Waals surface area contributed by atoms with E-state index in [2.05, 4.69) is 124 Å². The minimum Gasteiger partial charge on any atom is -0.201 e. The van der Waals surface area contributed by atoms with Crippen molar-refractivity contribution in [1.29, 1.82) is 0 Å². The molecule has 0 aliphatic heterocycles. The first-order valence-corrected chi connectivity index (χ1v) is 11.7. The van der Waals surface area contributed by atoms with E-state index in [1.165, 1.54) is 50.2 Å². The van der Waals surface area contributed by atoms with Gasteiger partial charge in [-0.15, -0.1) is 0 Å². The minimum absolute atomic E-state index is 0.432. The second-order valence-corrected chi connectivity index (χ2v) is 9.64. The number of aromatic nitrogens is 1. The molecule has 0 radical (unpaired) electrons. The van der Waals surface area contributed by atoms with E-state index in [0.717, 1.165) is 0 Å². The quantitative estimate of drug-likeness (QED) is 0.305. The molecule has 0 saturated heterocycles. The standard InChI is InChI=1S/C31H32N/c1-20(2)31-28-13-9-8-12-26(28)22(4)27-15-14-23(18-29(27)31)24-16-17-32(5)30(19-24)25-11-7-6-10-21(25)3/h6-20,22,31H,1-5H3/q+1. The summed E-state index contributed by atoms with van der Waals surface area (Å²) in [6.45, 7) is 9.25. The lowest BCUT2D eigenvalue weighted by Gasteiger charge is -2.35. The normalized spacial score (nSPS) is 17.2. The summed E-state index contributed by atoms with van der Waals surface area (Å²) in [6.07, 6.45) is 2.19. The molecule has 3 aromatic carbocycles. The number of nitrogens with zero attached hydrogens (tertiary/aromatic N) is 1. The van der Waals surface area contributed by atoms with Gasteiger partial charge in [-0.05, 0) is 57.9 Å². The smallest absolute Gasteiger partial charge is 0.201 e. The molecule has 2 unspecified atom stereocenters. The Hall–Kier alpha value is -3.19. The van der Waals surface area contributed by atoms with Crippen molar-refractivity contribution in [3.63, 3.8) is 0 Å². The number of aryl methyl sites for hydroxylation is 2. The average Bonchev–Trinajstić information content (AvgIpc) is 2.80. The molecule has 1 heterocycles. The Morgan fingerprint density at radius 3 is 2.12 bits per heavy atom. The van der Waals surface area contributed by atoms with Crippen LogP contribution in [0.4, 0.5) is 0 Å². The van der Waals surface area contributed by atoms with E-state index in [1.54, 1.807) is 0 Å². The molecule has 1 aliphatic carbocycles. The van der Waals surface area contributed by atoms with Gasteiger partial charge in [0.2, 0.25) is 5.69 Å². The zero-order valence-corrected chi connectivity index (χ0v) is 19.8. The van der Waals surface area contributed by atoms with E-state index in [-0.39, 0.29) is 0 Å². The fourth-order valence-electron chi connectivity index (χ4n) is 5.54. The molecule has 2 atom stereocenters. The van der Waals surface area contributed by atoms with E-state index in [1.807, 2.05) is 0 Å². The van der Waals surface area contributed by atoms with Crippen LogP contribution in [0.15, 0.2) is 85.1 Å². The van der Waals surface area contributed by atoms with Crippen molar-refractivity contribution < 1.29 is 4.57 Å². The highest BCUT2D eigenvalue weighted by Gasteiger charge is 2.31. The molecule has 0 amide bonds. The van der Waals surface area contributed by atoms with Crippen molar-refractivity contribution in [1.82, 2.24) is 0 Å². The molecule has 0 fully saturated rings. The molecule has 160 valence electrons. The molecule has 1 nitrogen and oxygen atoms in total. The van der Waals surface area contributed by atoms with E-state index in [9.17, 15) is 0 Å².